The van der Waals surface area contributed by atoms with Crippen LogP contribution >= 0.6 is 0 Å². The van der Waals surface area contributed by atoms with E-state index in [9.17, 15) is 4.79 Å². The quantitative estimate of drug-likeness (QED) is 0.579. The van der Waals surface area contributed by atoms with E-state index in [4.69, 9.17) is 9.47 Å². The van der Waals surface area contributed by atoms with Gasteiger partial charge >= 0.3 is 0 Å². The maximum absolute atomic E-state index is 12.1. The molecule has 0 radical (unpaired) electrons. The van der Waals surface area contributed by atoms with Crippen LogP contribution in [0.3, 0.4) is 0 Å². The molecule has 0 saturated heterocycles. The van der Waals surface area contributed by atoms with Gasteiger partial charge in [-0.1, -0.05) is 37.1 Å². The van der Waals surface area contributed by atoms with Crippen molar-refractivity contribution in [3.63, 3.8) is 0 Å². The van der Waals surface area contributed by atoms with Crippen molar-refractivity contribution in [2.24, 2.45) is 0 Å². The standard InChI is InChI=1S/C22H30N2O3/c1-4-6-13-23-15-18-9-12-20(21(14-18)26-5-2)27-16-22(25)24-19-10-7-17(3)8-11-19/h7-12,14,23H,4-6,13,15-16H2,1-3H3,(H,24,25). The number of ether oxygens (including phenoxy) is 2. The molecule has 0 heterocycles. The van der Waals surface area contributed by atoms with Gasteiger partial charge in [0.2, 0.25) is 0 Å². The molecule has 5 heteroatoms. The van der Waals surface area contributed by atoms with Crippen molar-refractivity contribution in [2.75, 3.05) is 25.1 Å². The number of carbonyl (C=O) groups is 1. The van der Waals surface area contributed by atoms with Gasteiger partial charge in [-0.25, -0.2) is 0 Å². The Balaban J connectivity index is 1.91. The number of hydrogen-bond acceptors (Lipinski definition) is 4. The van der Waals surface area contributed by atoms with E-state index in [1.807, 2.05) is 56.3 Å². The zero-order valence-corrected chi connectivity index (χ0v) is 16.5. The van der Waals surface area contributed by atoms with E-state index in [0.29, 0.717) is 18.1 Å². The molecule has 2 aromatic rings. The molecule has 0 unspecified atom stereocenters. The minimum absolute atomic E-state index is 0.0674. The Bertz CT molecular complexity index is 714. The predicted molar refractivity (Wildman–Crippen MR) is 110 cm³/mol. The van der Waals surface area contributed by atoms with Gasteiger partial charge in [0.1, 0.15) is 0 Å². The average Bonchev–Trinajstić information content (AvgIpc) is 2.67. The van der Waals surface area contributed by atoms with Crippen LogP contribution < -0.4 is 20.1 Å². The summed E-state index contributed by atoms with van der Waals surface area (Å²) in [6.45, 7) is 8.37. The Morgan fingerprint density at radius 1 is 1.00 bits per heavy atom. The van der Waals surface area contributed by atoms with Crippen molar-refractivity contribution in [1.29, 1.82) is 0 Å². The van der Waals surface area contributed by atoms with E-state index in [1.165, 1.54) is 6.42 Å². The van der Waals surface area contributed by atoms with Crippen LogP contribution in [0.4, 0.5) is 5.69 Å². The van der Waals surface area contributed by atoms with Gasteiger partial charge in [0.25, 0.3) is 5.91 Å². The number of unbranched alkanes of at least 4 members (excludes halogenated alkanes) is 1. The third kappa shape index (κ3) is 7.31. The fourth-order valence-electron chi connectivity index (χ4n) is 2.56. The highest BCUT2D eigenvalue weighted by atomic mass is 16.5. The largest absolute Gasteiger partial charge is 0.490 e. The van der Waals surface area contributed by atoms with Crippen LogP contribution in [0.25, 0.3) is 0 Å². The first kappa shape index (κ1) is 20.8. The van der Waals surface area contributed by atoms with E-state index in [-0.39, 0.29) is 12.5 Å². The summed E-state index contributed by atoms with van der Waals surface area (Å²) in [5, 5.41) is 6.24. The number of aryl methyl sites for hydroxylation is 1. The van der Waals surface area contributed by atoms with Gasteiger partial charge in [-0.2, -0.15) is 0 Å². The van der Waals surface area contributed by atoms with Crippen LogP contribution in [0.1, 0.15) is 37.8 Å². The molecule has 5 nitrogen and oxygen atoms in total. The smallest absolute Gasteiger partial charge is 0.262 e. The van der Waals surface area contributed by atoms with E-state index < -0.39 is 0 Å². The van der Waals surface area contributed by atoms with E-state index in [0.717, 1.165) is 36.3 Å². The zero-order chi connectivity index (χ0) is 19.5. The average molecular weight is 370 g/mol. The Morgan fingerprint density at radius 3 is 2.48 bits per heavy atom. The lowest BCUT2D eigenvalue weighted by atomic mass is 10.2. The first-order chi connectivity index (χ1) is 13.1. The topological polar surface area (TPSA) is 59.6 Å². The van der Waals surface area contributed by atoms with Crippen LogP contribution in [-0.2, 0) is 11.3 Å². The fourth-order valence-corrected chi connectivity index (χ4v) is 2.56. The van der Waals surface area contributed by atoms with Gasteiger partial charge in [-0.15, -0.1) is 0 Å². The number of benzene rings is 2. The van der Waals surface area contributed by atoms with Crippen molar-refractivity contribution in [3.8, 4) is 11.5 Å². The van der Waals surface area contributed by atoms with Crippen molar-refractivity contribution < 1.29 is 14.3 Å². The second kappa shape index (κ2) is 11.2. The first-order valence-electron chi connectivity index (χ1n) is 9.58. The third-order valence-electron chi connectivity index (χ3n) is 4.04. The summed E-state index contributed by atoms with van der Waals surface area (Å²) >= 11 is 0. The highest BCUT2D eigenvalue weighted by Gasteiger charge is 2.10. The number of anilines is 1. The SMILES string of the molecule is CCCCNCc1ccc(OCC(=O)Nc2ccc(C)cc2)c(OCC)c1. The Labute approximate surface area is 162 Å². The van der Waals surface area contributed by atoms with Crippen molar-refractivity contribution >= 4 is 11.6 Å². The molecule has 146 valence electrons. The van der Waals surface area contributed by atoms with Gasteiger partial charge in [-0.3, -0.25) is 4.79 Å². The summed E-state index contributed by atoms with van der Waals surface area (Å²) < 4.78 is 11.4. The van der Waals surface area contributed by atoms with Crippen molar-refractivity contribution in [3.05, 3.63) is 53.6 Å². The Morgan fingerprint density at radius 2 is 1.78 bits per heavy atom. The van der Waals surface area contributed by atoms with Gasteiger partial charge in [-0.05, 0) is 56.6 Å². The number of nitrogens with one attached hydrogen (secondary N) is 2. The van der Waals surface area contributed by atoms with Crippen LogP contribution in [-0.4, -0.2) is 25.7 Å². The Hall–Kier alpha value is -2.53. The molecule has 0 fully saturated rings. The highest BCUT2D eigenvalue weighted by molar-refractivity contribution is 5.91. The minimum atomic E-state index is -0.202. The van der Waals surface area contributed by atoms with Crippen LogP contribution in [0.2, 0.25) is 0 Å². The predicted octanol–water partition coefficient (Wildman–Crippen LogP) is 4.30. The molecule has 0 aliphatic heterocycles. The van der Waals surface area contributed by atoms with Gasteiger partial charge in [0.15, 0.2) is 18.1 Å². The van der Waals surface area contributed by atoms with E-state index in [2.05, 4.69) is 17.6 Å². The molecule has 2 N–H and O–H groups in total. The van der Waals surface area contributed by atoms with E-state index in [1.54, 1.807) is 0 Å². The normalized spacial score (nSPS) is 10.5. The second-order valence-corrected chi connectivity index (χ2v) is 6.45. The maximum Gasteiger partial charge on any atom is 0.262 e. The fraction of sp³-hybridized carbons (Fsp3) is 0.409. The molecule has 0 atom stereocenters. The van der Waals surface area contributed by atoms with Crippen molar-refractivity contribution in [2.45, 2.75) is 40.2 Å². The summed E-state index contributed by atoms with van der Waals surface area (Å²) in [4.78, 5) is 12.1. The summed E-state index contributed by atoms with van der Waals surface area (Å²) in [6, 6.07) is 13.5. The molecular weight excluding hydrogens is 340 g/mol. The van der Waals surface area contributed by atoms with Crippen LogP contribution in [0, 0.1) is 6.92 Å². The molecule has 0 aliphatic rings. The third-order valence-corrected chi connectivity index (χ3v) is 4.04. The molecule has 27 heavy (non-hydrogen) atoms. The lowest BCUT2D eigenvalue weighted by Crippen LogP contribution is -2.20. The van der Waals surface area contributed by atoms with Gasteiger partial charge in [0, 0.05) is 12.2 Å². The van der Waals surface area contributed by atoms with Gasteiger partial charge in [0.05, 0.1) is 6.61 Å². The van der Waals surface area contributed by atoms with Gasteiger partial charge < -0.3 is 20.1 Å². The molecule has 2 rings (SSSR count). The van der Waals surface area contributed by atoms with Crippen LogP contribution in [0.15, 0.2) is 42.5 Å². The number of rotatable bonds is 11. The lowest BCUT2D eigenvalue weighted by molar-refractivity contribution is -0.118. The summed E-state index contributed by atoms with van der Waals surface area (Å²) in [5.41, 5.74) is 3.04. The number of hydrogen-bond donors (Lipinski definition) is 2. The molecule has 0 aliphatic carbocycles. The molecule has 0 aromatic heterocycles. The molecule has 1 amide bonds. The summed E-state index contributed by atoms with van der Waals surface area (Å²) in [6.07, 6.45) is 2.34. The monoisotopic (exact) mass is 370 g/mol. The first-order valence-corrected chi connectivity index (χ1v) is 9.58. The summed E-state index contributed by atoms with van der Waals surface area (Å²) in [7, 11) is 0. The van der Waals surface area contributed by atoms with Crippen molar-refractivity contribution in [1.82, 2.24) is 5.32 Å². The number of carbonyl (C=O) groups excluding carboxylic acids is 1. The Kier molecular flexibility index (Phi) is 8.65. The minimum Gasteiger partial charge on any atom is -0.490 e. The maximum atomic E-state index is 12.1. The highest BCUT2D eigenvalue weighted by Crippen LogP contribution is 2.28. The molecular formula is C22H30N2O3. The second-order valence-electron chi connectivity index (χ2n) is 6.45. The van der Waals surface area contributed by atoms with E-state index >= 15 is 0 Å². The molecule has 0 saturated carbocycles. The number of amides is 1. The molecule has 0 bridgehead atoms. The molecule has 2 aromatic carbocycles. The molecule has 0 spiro atoms. The lowest BCUT2D eigenvalue weighted by Gasteiger charge is -2.14. The summed E-state index contributed by atoms with van der Waals surface area (Å²) in [5.74, 6) is 1.04. The zero-order valence-electron chi connectivity index (χ0n) is 16.5. The van der Waals surface area contributed by atoms with Crippen LogP contribution in [0.5, 0.6) is 11.5 Å².